The minimum atomic E-state index is -1.11. The first-order valence-electron chi connectivity index (χ1n) is 6.64. The molecule has 0 fully saturated rings. The summed E-state index contributed by atoms with van der Waals surface area (Å²) >= 11 is 0. The van der Waals surface area contributed by atoms with Crippen molar-refractivity contribution in [3.8, 4) is 0 Å². The van der Waals surface area contributed by atoms with Crippen LogP contribution in [-0.4, -0.2) is 101 Å². The Morgan fingerprint density at radius 3 is 1.50 bits per heavy atom. The minimum Gasteiger partial charge on any atom is -0.244 e. The van der Waals surface area contributed by atoms with Crippen molar-refractivity contribution in [2.24, 2.45) is 9.98 Å². The van der Waals surface area contributed by atoms with E-state index in [-0.39, 0.29) is 11.4 Å². The Hall–Kier alpha value is -3.37. The van der Waals surface area contributed by atoms with Crippen molar-refractivity contribution in [1.29, 1.82) is 0 Å². The molecular formula is C13H14N6O5+2. The molecule has 0 unspecified atom stereocenters. The first-order valence-corrected chi connectivity index (χ1v) is 6.64. The molecule has 0 saturated carbocycles. The van der Waals surface area contributed by atoms with E-state index in [1.165, 1.54) is 28.2 Å². The molecule has 24 heavy (non-hydrogen) atoms. The van der Waals surface area contributed by atoms with Crippen molar-refractivity contribution in [2.75, 3.05) is 28.2 Å². The lowest BCUT2D eigenvalue weighted by molar-refractivity contribution is -0.395. The number of nitrogens with zero attached hydrogens (tertiary/aromatic N) is 6. The van der Waals surface area contributed by atoms with E-state index in [1.54, 1.807) is 0 Å². The second kappa shape index (κ2) is 6.02. The third-order valence-corrected chi connectivity index (χ3v) is 3.29. The van der Waals surface area contributed by atoms with Crippen molar-refractivity contribution < 1.29 is 33.1 Å². The number of imide groups is 2. The number of aliphatic imine (C=N–C) groups is 2. The van der Waals surface area contributed by atoms with Crippen LogP contribution in [-0.2, 0) is 9.59 Å². The number of carbonyl (C=O) groups excluding carboxylic acids is 5. The van der Waals surface area contributed by atoms with Crippen LogP contribution in [0.25, 0.3) is 0 Å². The molecule has 8 amide bonds. The molecule has 0 saturated heterocycles. The van der Waals surface area contributed by atoms with Gasteiger partial charge in [-0.05, 0) is 0 Å². The lowest BCUT2D eigenvalue weighted by Gasteiger charge is -2.13. The molecule has 0 atom stereocenters. The van der Waals surface area contributed by atoms with E-state index in [0.29, 0.717) is 0 Å². The molecule has 2 rings (SSSR count). The molecule has 124 valence electrons. The summed E-state index contributed by atoms with van der Waals surface area (Å²) in [6.45, 7) is 0. The van der Waals surface area contributed by atoms with Crippen molar-refractivity contribution in [1.82, 2.24) is 9.80 Å². The van der Waals surface area contributed by atoms with Gasteiger partial charge >= 0.3 is 29.9 Å². The fourth-order valence-corrected chi connectivity index (χ4v) is 1.96. The maximum absolute atomic E-state index is 11.9. The van der Waals surface area contributed by atoms with Crippen LogP contribution in [0.15, 0.2) is 9.98 Å². The van der Waals surface area contributed by atoms with Crippen LogP contribution in [0.3, 0.4) is 0 Å². The third kappa shape index (κ3) is 2.91. The molecule has 11 nitrogen and oxygen atoms in total. The highest BCUT2D eigenvalue weighted by molar-refractivity contribution is 6.64. The van der Waals surface area contributed by atoms with Crippen molar-refractivity contribution in [2.45, 2.75) is 0 Å². The zero-order valence-electron chi connectivity index (χ0n) is 13.4. The highest BCUT2D eigenvalue weighted by atomic mass is 16.2. The molecule has 0 aliphatic carbocycles. The average Bonchev–Trinajstić information content (AvgIpc) is 2.53. The summed E-state index contributed by atoms with van der Waals surface area (Å²) in [6, 6.07) is -2.26. The lowest BCUT2D eigenvalue weighted by Crippen LogP contribution is -2.49. The summed E-state index contributed by atoms with van der Waals surface area (Å²) in [7, 11) is 5.28. The van der Waals surface area contributed by atoms with E-state index < -0.39 is 29.9 Å². The minimum absolute atomic E-state index is 0.296. The predicted octanol–water partition coefficient (Wildman–Crippen LogP) is -1.40. The Morgan fingerprint density at radius 1 is 0.833 bits per heavy atom. The number of urea groups is 3. The van der Waals surface area contributed by atoms with Gasteiger partial charge in [-0.1, -0.05) is 0 Å². The van der Waals surface area contributed by atoms with Crippen LogP contribution >= 0.6 is 0 Å². The molecule has 0 aromatic heterocycles. The quantitative estimate of drug-likeness (QED) is 0.504. The Morgan fingerprint density at radius 2 is 1.17 bits per heavy atom. The molecule has 0 bridgehead atoms. The van der Waals surface area contributed by atoms with E-state index in [4.69, 9.17) is 0 Å². The first-order chi connectivity index (χ1) is 11.1. The summed E-state index contributed by atoms with van der Waals surface area (Å²) in [5, 5.41) is 0. The van der Waals surface area contributed by atoms with Gasteiger partial charge in [0.05, 0.1) is 28.2 Å². The highest BCUT2D eigenvalue weighted by Gasteiger charge is 2.38. The van der Waals surface area contributed by atoms with Gasteiger partial charge in [-0.15, -0.1) is 0 Å². The van der Waals surface area contributed by atoms with Gasteiger partial charge in [0.15, 0.2) is 11.4 Å². The van der Waals surface area contributed by atoms with Crippen LogP contribution in [0.4, 0.5) is 14.4 Å². The average molecular weight is 334 g/mol. The molecular weight excluding hydrogens is 320 g/mol. The summed E-state index contributed by atoms with van der Waals surface area (Å²) in [6.07, 6.45) is 2.19. The van der Waals surface area contributed by atoms with Gasteiger partial charge in [0.25, 0.3) is 0 Å². The van der Waals surface area contributed by atoms with Crippen LogP contribution in [0.1, 0.15) is 0 Å². The Balaban J connectivity index is 2.37. The van der Waals surface area contributed by atoms with Crippen molar-refractivity contribution >= 4 is 53.8 Å². The second-order valence-electron chi connectivity index (χ2n) is 5.05. The Kier molecular flexibility index (Phi) is 4.26. The number of hydrogen-bond acceptors (Lipinski definition) is 5. The van der Waals surface area contributed by atoms with Gasteiger partial charge in [0.1, 0.15) is 12.4 Å². The molecule has 0 radical (unpaired) electrons. The summed E-state index contributed by atoms with van der Waals surface area (Å²) < 4.78 is 2.16. The molecule has 11 heteroatoms. The number of rotatable bonds is 0. The standard InChI is InChI=1S/C13H14N6O5/c1-16-5-7(9(20)18(3)12(16)23)14-11(22)15-8-6-17(2)13(24)19(4)10(8)21/h5-6H,1-4H3/q+2/b14-7-,15-8+. The first kappa shape index (κ1) is 17.0. The third-order valence-electron chi connectivity index (χ3n) is 3.29. The topological polar surface area (TPSA) is 123 Å². The molecule has 2 aliphatic heterocycles. The van der Waals surface area contributed by atoms with Gasteiger partial charge in [0.2, 0.25) is 0 Å². The van der Waals surface area contributed by atoms with E-state index in [9.17, 15) is 24.0 Å². The predicted molar refractivity (Wildman–Crippen MR) is 81.1 cm³/mol. The van der Waals surface area contributed by atoms with Crippen LogP contribution in [0.2, 0.25) is 0 Å². The summed E-state index contributed by atoms with van der Waals surface area (Å²) in [4.78, 5) is 67.4. The molecule has 2 aliphatic rings. The fraction of sp³-hybridized carbons (Fsp3) is 0.308. The smallest absolute Gasteiger partial charge is 0.244 e. The zero-order valence-corrected chi connectivity index (χ0v) is 13.4. The van der Waals surface area contributed by atoms with Gasteiger partial charge in [0, 0.05) is 0 Å². The number of carbonyl (C=O) groups is 5. The SMILES string of the molecule is CN1C(=O)/C(=N\C(=O)/N=C2\C=[N+](C)C(=O)N(C)C2=O)C=[N+](C)C1=O. The van der Waals surface area contributed by atoms with E-state index in [0.717, 1.165) is 31.4 Å². The second-order valence-corrected chi connectivity index (χ2v) is 5.05. The zero-order chi connectivity index (χ0) is 18.2. The van der Waals surface area contributed by atoms with Gasteiger partial charge in [-0.25, -0.2) is 14.4 Å². The normalized spacial score (nSPS) is 22.3. The van der Waals surface area contributed by atoms with E-state index in [1.807, 2.05) is 0 Å². The lowest BCUT2D eigenvalue weighted by atomic mass is 10.3. The summed E-state index contributed by atoms with van der Waals surface area (Å²) in [5.74, 6) is -1.54. The van der Waals surface area contributed by atoms with Crippen LogP contribution in [0.5, 0.6) is 0 Å². The van der Waals surface area contributed by atoms with Crippen molar-refractivity contribution in [3.63, 3.8) is 0 Å². The van der Waals surface area contributed by atoms with E-state index in [2.05, 4.69) is 9.98 Å². The summed E-state index contributed by atoms with van der Waals surface area (Å²) in [5.41, 5.74) is -0.593. The van der Waals surface area contributed by atoms with E-state index >= 15 is 0 Å². The van der Waals surface area contributed by atoms with Crippen molar-refractivity contribution in [3.05, 3.63) is 0 Å². The largest absolute Gasteiger partial charge is 0.500 e. The molecule has 0 N–H and O–H groups in total. The van der Waals surface area contributed by atoms with Crippen LogP contribution < -0.4 is 0 Å². The van der Waals surface area contributed by atoms with Gasteiger partial charge in [-0.2, -0.15) is 38.5 Å². The monoisotopic (exact) mass is 334 g/mol. The molecule has 0 aromatic rings. The maximum Gasteiger partial charge on any atom is 0.500 e. The fourth-order valence-electron chi connectivity index (χ4n) is 1.96. The molecule has 0 aromatic carbocycles. The van der Waals surface area contributed by atoms with Gasteiger partial charge in [-0.3, -0.25) is 0 Å². The number of hydrogen-bond donors (Lipinski definition) is 0. The Bertz CT molecular complexity index is 753. The number of amides is 8. The molecule has 2 heterocycles. The highest BCUT2D eigenvalue weighted by Crippen LogP contribution is 2.02. The van der Waals surface area contributed by atoms with Gasteiger partial charge < -0.3 is 0 Å². The Labute approximate surface area is 135 Å². The maximum atomic E-state index is 11.9. The van der Waals surface area contributed by atoms with Crippen LogP contribution in [0, 0.1) is 0 Å². The molecule has 0 spiro atoms.